The lowest BCUT2D eigenvalue weighted by molar-refractivity contribution is -0.123. The lowest BCUT2D eigenvalue weighted by Gasteiger charge is -2.18. The van der Waals surface area contributed by atoms with Crippen molar-refractivity contribution in [2.24, 2.45) is 5.41 Å². The lowest BCUT2D eigenvalue weighted by Crippen LogP contribution is -2.27. The Labute approximate surface area is 171 Å². The summed E-state index contributed by atoms with van der Waals surface area (Å²) in [4.78, 5) is 24.4. The van der Waals surface area contributed by atoms with Crippen molar-refractivity contribution in [3.8, 4) is 5.75 Å². The summed E-state index contributed by atoms with van der Waals surface area (Å²) in [6.45, 7) is 6.60. The van der Waals surface area contributed by atoms with Crippen LogP contribution >= 0.6 is 0 Å². The Hall–Kier alpha value is -3.06. The molecule has 2 rings (SSSR count). The molecule has 3 N–H and O–H groups in total. The SMILES string of the molecule is COCCOc1cccc(NCC(=O)Nc2cccc(NC(=O)C(C)(C)C)c2)c1. The average molecular weight is 399 g/mol. The van der Waals surface area contributed by atoms with E-state index in [0.717, 1.165) is 5.69 Å². The summed E-state index contributed by atoms with van der Waals surface area (Å²) < 4.78 is 10.5. The van der Waals surface area contributed by atoms with E-state index in [1.807, 2.05) is 45.0 Å². The Bertz CT molecular complexity index is 831. The van der Waals surface area contributed by atoms with Crippen LogP contribution in [0.3, 0.4) is 0 Å². The van der Waals surface area contributed by atoms with Crippen LogP contribution < -0.4 is 20.7 Å². The molecule has 0 unspecified atom stereocenters. The first-order valence-corrected chi connectivity index (χ1v) is 9.45. The maximum Gasteiger partial charge on any atom is 0.243 e. The molecular formula is C22H29N3O4. The van der Waals surface area contributed by atoms with Gasteiger partial charge < -0.3 is 25.4 Å². The highest BCUT2D eigenvalue weighted by Crippen LogP contribution is 2.20. The van der Waals surface area contributed by atoms with E-state index in [-0.39, 0.29) is 18.4 Å². The second-order valence-electron chi connectivity index (χ2n) is 7.56. The number of ether oxygens (including phenoxy) is 2. The van der Waals surface area contributed by atoms with Crippen LogP contribution in [0.2, 0.25) is 0 Å². The standard InChI is InChI=1S/C22H29N3O4/c1-22(2,3)21(27)25-18-9-5-8-17(13-18)24-20(26)15-23-16-7-6-10-19(14-16)29-12-11-28-4/h5-10,13-14,23H,11-12,15H2,1-4H3,(H,24,26)(H,25,27). The molecule has 2 amide bonds. The first-order chi connectivity index (χ1) is 13.8. The maximum absolute atomic E-state index is 12.3. The highest BCUT2D eigenvalue weighted by atomic mass is 16.5. The van der Waals surface area contributed by atoms with E-state index < -0.39 is 5.41 Å². The van der Waals surface area contributed by atoms with Gasteiger partial charge in [-0.15, -0.1) is 0 Å². The number of hydrogen-bond donors (Lipinski definition) is 3. The van der Waals surface area contributed by atoms with Gasteiger partial charge in [-0.3, -0.25) is 9.59 Å². The molecule has 0 spiro atoms. The summed E-state index contributed by atoms with van der Waals surface area (Å²) in [7, 11) is 1.62. The molecule has 0 bridgehead atoms. The normalized spacial score (nSPS) is 10.9. The van der Waals surface area contributed by atoms with Gasteiger partial charge in [-0.1, -0.05) is 32.9 Å². The second-order valence-corrected chi connectivity index (χ2v) is 7.56. The van der Waals surface area contributed by atoms with Crippen LogP contribution in [0.15, 0.2) is 48.5 Å². The number of benzene rings is 2. The van der Waals surface area contributed by atoms with Gasteiger partial charge >= 0.3 is 0 Å². The summed E-state index contributed by atoms with van der Waals surface area (Å²) in [6.07, 6.45) is 0. The quantitative estimate of drug-likeness (QED) is 0.559. The zero-order valence-electron chi connectivity index (χ0n) is 17.4. The first-order valence-electron chi connectivity index (χ1n) is 9.45. The topological polar surface area (TPSA) is 88.7 Å². The third-order valence-corrected chi connectivity index (χ3v) is 3.93. The van der Waals surface area contributed by atoms with Crippen molar-refractivity contribution in [3.63, 3.8) is 0 Å². The Balaban J connectivity index is 1.87. The molecule has 2 aromatic rings. The van der Waals surface area contributed by atoms with Crippen molar-refractivity contribution >= 4 is 28.9 Å². The number of nitrogens with one attached hydrogen (secondary N) is 3. The summed E-state index contributed by atoms with van der Waals surface area (Å²) in [6, 6.07) is 14.4. The van der Waals surface area contributed by atoms with Crippen LogP contribution in [-0.2, 0) is 14.3 Å². The van der Waals surface area contributed by atoms with Crippen molar-refractivity contribution < 1.29 is 19.1 Å². The Kier molecular flexibility index (Phi) is 8.03. The predicted molar refractivity (Wildman–Crippen MR) is 115 cm³/mol. The van der Waals surface area contributed by atoms with Crippen LogP contribution in [0.1, 0.15) is 20.8 Å². The molecule has 0 saturated heterocycles. The number of hydrogen-bond acceptors (Lipinski definition) is 5. The van der Waals surface area contributed by atoms with E-state index in [0.29, 0.717) is 30.3 Å². The fourth-order valence-corrected chi connectivity index (χ4v) is 2.32. The van der Waals surface area contributed by atoms with E-state index in [2.05, 4.69) is 16.0 Å². The van der Waals surface area contributed by atoms with Crippen LogP contribution in [-0.4, -0.2) is 38.7 Å². The number of rotatable bonds is 9. The van der Waals surface area contributed by atoms with Gasteiger partial charge in [-0.2, -0.15) is 0 Å². The maximum atomic E-state index is 12.3. The number of carbonyl (C=O) groups excluding carboxylic acids is 2. The number of amides is 2. The minimum absolute atomic E-state index is 0.0877. The van der Waals surface area contributed by atoms with Gasteiger partial charge in [-0.25, -0.2) is 0 Å². The molecule has 29 heavy (non-hydrogen) atoms. The third-order valence-electron chi connectivity index (χ3n) is 3.93. The van der Waals surface area contributed by atoms with E-state index in [9.17, 15) is 9.59 Å². The molecule has 156 valence electrons. The monoisotopic (exact) mass is 399 g/mol. The molecule has 0 aliphatic heterocycles. The highest BCUT2D eigenvalue weighted by molar-refractivity contribution is 5.97. The minimum atomic E-state index is -0.495. The summed E-state index contributed by atoms with van der Waals surface area (Å²) in [5.41, 5.74) is 1.53. The van der Waals surface area contributed by atoms with Gasteiger partial charge in [0.1, 0.15) is 12.4 Å². The van der Waals surface area contributed by atoms with Crippen molar-refractivity contribution in [1.29, 1.82) is 0 Å². The van der Waals surface area contributed by atoms with Crippen molar-refractivity contribution in [2.45, 2.75) is 20.8 Å². The van der Waals surface area contributed by atoms with E-state index in [1.165, 1.54) is 0 Å². The predicted octanol–water partition coefficient (Wildman–Crippen LogP) is 3.75. The van der Waals surface area contributed by atoms with Gasteiger partial charge in [0.05, 0.1) is 13.2 Å². The molecule has 2 aromatic carbocycles. The average Bonchev–Trinajstić information content (AvgIpc) is 2.66. The summed E-state index contributed by atoms with van der Waals surface area (Å²) >= 11 is 0. The summed E-state index contributed by atoms with van der Waals surface area (Å²) in [5.74, 6) is 0.417. The number of carbonyl (C=O) groups is 2. The molecule has 0 heterocycles. The smallest absolute Gasteiger partial charge is 0.243 e. The van der Waals surface area contributed by atoms with Gasteiger partial charge in [0.2, 0.25) is 11.8 Å². The fraction of sp³-hybridized carbons (Fsp3) is 0.364. The van der Waals surface area contributed by atoms with Crippen molar-refractivity contribution in [2.75, 3.05) is 42.8 Å². The van der Waals surface area contributed by atoms with Gasteiger partial charge in [0.25, 0.3) is 0 Å². The van der Waals surface area contributed by atoms with Crippen LogP contribution in [0, 0.1) is 5.41 Å². The minimum Gasteiger partial charge on any atom is -0.491 e. The number of anilines is 3. The zero-order valence-corrected chi connectivity index (χ0v) is 17.4. The Morgan fingerprint density at radius 3 is 2.24 bits per heavy atom. The van der Waals surface area contributed by atoms with Gasteiger partial charge in [0.15, 0.2) is 0 Å². The molecule has 0 atom stereocenters. The first kappa shape index (κ1) is 22.2. The third kappa shape index (κ3) is 7.83. The van der Waals surface area contributed by atoms with Gasteiger partial charge in [0, 0.05) is 35.7 Å². The lowest BCUT2D eigenvalue weighted by atomic mass is 9.95. The van der Waals surface area contributed by atoms with Crippen molar-refractivity contribution in [1.82, 2.24) is 0 Å². The Morgan fingerprint density at radius 1 is 0.897 bits per heavy atom. The van der Waals surface area contributed by atoms with E-state index >= 15 is 0 Å². The fourth-order valence-electron chi connectivity index (χ4n) is 2.32. The molecule has 7 heteroatoms. The van der Waals surface area contributed by atoms with Crippen LogP contribution in [0.4, 0.5) is 17.1 Å². The molecule has 0 aliphatic rings. The van der Waals surface area contributed by atoms with Crippen LogP contribution in [0.5, 0.6) is 5.75 Å². The largest absolute Gasteiger partial charge is 0.491 e. The zero-order chi connectivity index (χ0) is 21.3. The molecular weight excluding hydrogens is 370 g/mol. The molecule has 0 fully saturated rings. The van der Waals surface area contributed by atoms with Gasteiger partial charge in [-0.05, 0) is 30.3 Å². The Morgan fingerprint density at radius 2 is 1.55 bits per heavy atom. The number of methoxy groups -OCH3 is 1. The van der Waals surface area contributed by atoms with E-state index in [1.54, 1.807) is 31.4 Å². The molecule has 0 saturated carbocycles. The molecule has 0 radical (unpaired) electrons. The van der Waals surface area contributed by atoms with Crippen LogP contribution in [0.25, 0.3) is 0 Å². The highest BCUT2D eigenvalue weighted by Gasteiger charge is 2.21. The molecule has 7 nitrogen and oxygen atoms in total. The second kappa shape index (κ2) is 10.5. The molecule has 0 aromatic heterocycles. The summed E-state index contributed by atoms with van der Waals surface area (Å²) in [5, 5.41) is 8.74. The molecule has 0 aliphatic carbocycles. The van der Waals surface area contributed by atoms with Crippen molar-refractivity contribution in [3.05, 3.63) is 48.5 Å². The van der Waals surface area contributed by atoms with E-state index in [4.69, 9.17) is 9.47 Å².